The van der Waals surface area contributed by atoms with Crippen LogP contribution in [0.2, 0.25) is 5.02 Å². The lowest BCUT2D eigenvalue weighted by Gasteiger charge is -2.41. The maximum absolute atomic E-state index is 7.07. The third-order valence-electron chi connectivity index (χ3n) is 9.17. The Morgan fingerprint density at radius 3 is 1.54 bits per heavy atom. The molecule has 0 heterocycles. The SMILES string of the molecule is COc1cc(Cl)c(OC)c(P(C2CCCCC2)C2CCCCC2)c1-c1c(C(C)C)cc(C(C)C)cc1C(C)C. The Bertz CT molecular complexity index is 1060. The van der Waals surface area contributed by atoms with E-state index in [0.717, 1.165) is 22.8 Å². The van der Waals surface area contributed by atoms with Crippen LogP contribution >= 0.6 is 19.5 Å². The molecule has 2 aromatic carbocycles. The van der Waals surface area contributed by atoms with Gasteiger partial charge in [0.25, 0.3) is 0 Å². The average molecular weight is 571 g/mol. The second kappa shape index (κ2) is 13.6. The zero-order valence-corrected chi connectivity index (χ0v) is 27.5. The first-order valence-electron chi connectivity index (χ1n) is 15.6. The van der Waals surface area contributed by atoms with E-state index in [9.17, 15) is 0 Å². The van der Waals surface area contributed by atoms with Crippen LogP contribution in [0.4, 0.5) is 0 Å². The topological polar surface area (TPSA) is 18.5 Å². The van der Waals surface area contributed by atoms with Gasteiger partial charge in [-0.15, -0.1) is 0 Å². The fourth-order valence-electron chi connectivity index (χ4n) is 7.07. The first-order chi connectivity index (χ1) is 18.7. The Morgan fingerprint density at radius 2 is 1.15 bits per heavy atom. The van der Waals surface area contributed by atoms with Crippen molar-refractivity contribution in [3.8, 4) is 22.6 Å². The summed E-state index contributed by atoms with van der Waals surface area (Å²) in [7, 11) is 3.17. The van der Waals surface area contributed by atoms with Crippen molar-refractivity contribution >= 4 is 24.8 Å². The minimum atomic E-state index is -0.474. The van der Waals surface area contributed by atoms with Crippen molar-refractivity contribution in [2.45, 2.75) is 135 Å². The molecule has 216 valence electrons. The minimum Gasteiger partial charge on any atom is -0.496 e. The monoisotopic (exact) mass is 570 g/mol. The van der Waals surface area contributed by atoms with Gasteiger partial charge in [0, 0.05) is 16.9 Å². The molecule has 2 fully saturated rings. The van der Waals surface area contributed by atoms with E-state index < -0.39 is 7.92 Å². The molecule has 2 saturated carbocycles. The van der Waals surface area contributed by atoms with Gasteiger partial charge < -0.3 is 9.47 Å². The number of hydrogen-bond acceptors (Lipinski definition) is 2. The van der Waals surface area contributed by atoms with Gasteiger partial charge in [-0.3, -0.25) is 0 Å². The number of rotatable bonds is 9. The van der Waals surface area contributed by atoms with Gasteiger partial charge in [-0.2, -0.15) is 0 Å². The van der Waals surface area contributed by atoms with E-state index in [1.165, 1.54) is 97.3 Å². The van der Waals surface area contributed by atoms with Crippen LogP contribution in [-0.4, -0.2) is 25.5 Å². The Kier molecular flexibility index (Phi) is 10.7. The van der Waals surface area contributed by atoms with E-state index >= 15 is 0 Å². The highest BCUT2D eigenvalue weighted by Gasteiger charge is 2.38. The number of ether oxygens (including phenoxy) is 2. The number of benzene rings is 2. The summed E-state index contributed by atoms with van der Waals surface area (Å²) in [5.41, 5.74) is 8.40. The second-order valence-corrected chi connectivity index (χ2v) is 16.0. The lowest BCUT2D eigenvalue weighted by Crippen LogP contribution is -2.29. The molecule has 0 radical (unpaired) electrons. The summed E-state index contributed by atoms with van der Waals surface area (Å²) in [6, 6.07) is 6.98. The third kappa shape index (κ3) is 6.48. The molecule has 0 unspecified atom stereocenters. The largest absolute Gasteiger partial charge is 0.496 e. The third-order valence-corrected chi connectivity index (χ3v) is 13.0. The first kappa shape index (κ1) is 30.7. The molecule has 0 amide bonds. The molecule has 4 heteroatoms. The normalized spacial score (nSPS) is 17.6. The molecule has 39 heavy (non-hydrogen) atoms. The standard InChI is InChI=1S/C35H52ClO2P/c1-22(2)25-19-28(23(3)4)32(29(20-25)24(5)6)33-31(37-7)21-30(36)34(38-8)35(33)39(26-15-11-9-12-16-26)27-17-13-10-14-18-27/h19-24,26-27H,9-18H2,1-8H3. The van der Waals surface area contributed by atoms with Gasteiger partial charge in [-0.1, -0.05) is 112 Å². The van der Waals surface area contributed by atoms with Crippen molar-refractivity contribution in [2.24, 2.45) is 0 Å². The van der Waals surface area contributed by atoms with Crippen LogP contribution in [0, 0.1) is 0 Å². The molecular weight excluding hydrogens is 519 g/mol. The molecule has 0 aliphatic heterocycles. The molecule has 2 aromatic rings. The highest BCUT2D eigenvalue weighted by Crippen LogP contribution is 2.60. The van der Waals surface area contributed by atoms with E-state index in [-0.39, 0.29) is 0 Å². The molecule has 0 saturated heterocycles. The van der Waals surface area contributed by atoms with E-state index in [1.807, 2.05) is 20.3 Å². The Balaban J connectivity index is 2.13. The molecule has 4 rings (SSSR count). The summed E-state index contributed by atoms with van der Waals surface area (Å²) in [5, 5.41) is 2.10. The molecule has 2 aliphatic carbocycles. The molecule has 0 bridgehead atoms. The summed E-state index contributed by atoms with van der Waals surface area (Å²) >= 11 is 7.07. The van der Waals surface area contributed by atoms with Crippen molar-refractivity contribution in [1.82, 2.24) is 0 Å². The molecule has 0 spiro atoms. The molecule has 0 N–H and O–H groups in total. The molecule has 0 atom stereocenters. The predicted molar refractivity (Wildman–Crippen MR) is 173 cm³/mol. The Labute approximate surface area is 245 Å². The molecule has 0 aromatic heterocycles. The van der Waals surface area contributed by atoms with E-state index in [2.05, 4.69) is 53.7 Å². The number of hydrogen-bond donors (Lipinski definition) is 0. The Morgan fingerprint density at radius 1 is 0.667 bits per heavy atom. The van der Waals surface area contributed by atoms with Crippen molar-refractivity contribution < 1.29 is 9.47 Å². The number of methoxy groups -OCH3 is 2. The highest BCUT2D eigenvalue weighted by molar-refractivity contribution is 7.67. The summed E-state index contributed by atoms with van der Waals surface area (Å²) in [5.74, 6) is 3.09. The van der Waals surface area contributed by atoms with Crippen LogP contribution in [0.3, 0.4) is 0 Å². The quantitative estimate of drug-likeness (QED) is 0.279. The predicted octanol–water partition coefficient (Wildman–Crippen LogP) is 11.2. The highest BCUT2D eigenvalue weighted by atomic mass is 35.5. The van der Waals surface area contributed by atoms with Gasteiger partial charge in [-0.05, 0) is 77.0 Å². The summed E-state index contributed by atoms with van der Waals surface area (Å²) in [6.45, 7) is 14.0. The van der Waals surface area contributed by atoms with Crippen LogP contribution in [0.5, 0.6) is 11.5 Å². The smallest absolute Gasteiger partial charge is 0.146 e. The maximum Gasteiger partial charge on any atom is 0.146 e. The minimum absolute atomic E-state index is 0.394. The fraction of sp³-hybridized carbons (Fsp3) is 0.657. The van der Waals surface area contributed by atoms with E-state index in [4.69, 9.17) is 21.1 Å². The zero-order chi connectivity index (χ0) is 28.3. The fourth-order valence-corrected chi connectivity index (χ4v) is 11.5. The summed E-state index contributed by atoms with van der Waals surface area (Å²) in [4.78, 5) is 0. The van der Waals surface area contributed by atoms with Crippen molar-refractivity contribution in [3.05, 3.63) is 39.9 Å². The van der Waals surface area contributed by atoms with Gasteiger partial charge in [0.2, 0.25) is 0 Å². The van der Waals surface area contributed by atoms with Crippen molar-refractivity contribution in [2.75, 3.05) is 14.2 Å². The average Bonchev–Trinajstić information content (AvgIpc) is 2.93. The van der Waals surface area contributed by atoms with Crippen LogP contribution in [0.25, 0.3) is 11.1 Å². The van der Waals surface area contributed by atoms with Gasteiger partial charge in [-0.25, -0.2) is 0 Å². The molecule has 2 nitrogen and oxygen atoms in total. The maximum atomic E-state index is 7.07. The van der Waals surface area contributed by atoms with Crippen LogP contribution in [0.1, 0.15) is 140 Å². The van der Waals surface area contributed by atoms with Gasteiger partial charge in [0.15, 0.2) is 0 Å². The summed E-state index contributed by atoms with van der Waals surface area (Å²) in [6.07, 6.45) is 13.5. The molecular formula is C35H52ClO2P. The second-order valence-electron chi connectivity index (χ2n) is 12.8. The van der Waals surface area contributed by atoms with Gasteiger partial charge in [0.05, 0.1) is 19.2 Å². The van der Waals surface area contributed by atoms with Crippen LogP contribution in [-0.2, 0) is 0 Å². The zero-order valence-electron chi connectivity index (χ0n) is 25.8. The summed E-state index contributed by atoms with van der Waals surface area (Å²) < 4.78 is 12.6. The molecule has 2 aliphatic rings. The van der Waals surface area contributed by atoms with Crippen molar-refractivity contribution in [3.63, 3.8) is 0 Å². The van der Waals surface area contributed by atoms with Crippen LogP contribution < -0.4 is 14.8 Å². The Hall–Kier alpha value is -1.24. The van der Waals surface area contributed by atoms with E-state index in [0.29, 0.717) is 22.8 Å². The lowest BCUT2D eigenvalue weighted by atomic mass is 9.81. The van der Waals surface area contributed by atoms with Gasteiger partial charge in [0.1, 0.15) is 11.5 Å². The van der Waals surface area contributed by atoms with E-state index in [1.54, 1.807) is 0 Å². The first-order valence-corrected chi connectivity index (χ1v) is 17.5. The lowest BCUT2D eigenvalue weighted by molar-refractivity contribution is 0.407. The number of halogens is 1. The van der Waals surface area contributed by atoms with Crippen LogP contribution in [0.15, 0.2) is 18.2 Å². The van der Waals surface area contributed by atoms with Gasteiger partial charge >= 0.3 is 0 Å². The van der Waals surface area contributed by atoms with Crippen molar-refractivity contribution in [1.29, 1.82) is 0 Å².